The SMILES string of the molecule is CCNc1cc(NCc2c(C)noc2C)nc(C2CC2)n1. The highest BCUT2D eigenvalue weighted by Gasteiger charge is 2.27. The molecular formula is C15H21N5O. The molecule has 0 atom stereocenters. The van der Waals surface area contributed by atoms with Gasteiger partial charge in [0.25, 0.3) is 0 Å². The minimum Gasteiger partial charge on any atom is -0.370 e. The molecule has 0 unspecified atom stereocenters. The standard InChI is InChI=1S/C15H21N5O/c1-4-16-13-7-14(19-15(18-13)11-5-6-11)17-8-12-9(2)20-21-10(12)3/h7,11H,4-6,8H2,1-3H3,(H2,16,17,18,19). The Morgan fingerprint density at radius 3 is 2.48 bits per heavy atom. The molecule has 6 nitrogen and oxygen atoms in total. The molecule has 2 aromatic rings. The van der Waals surface area contributed by atoms with Crippen molar-refractivity contribution in [2.75, 3.05) is 17.2 Å². The summed E-state index contributed by atoms with van der Waals surface area (Å²) in [6.45, 7) is 7.46. The van der Waals surface area contributed by atoms with E-state index in [1.54, 1.807) is 0 Å². The van der Waals surface area contributed by atoms with E-state index in [1.807, 2.05) is 19.9 Å². The van der Waals surface area contributed by atoms with Crippen molar-refractivity contribution < 1.29 is 4.52 Å². The lowest BCUT2D eigenvalue weighted by molar-refractivity contribution is 0.392. The van der Waals surface area contributed by atoms with E-state index in [4.69, 9.17) is 4.52 Å². The third-order valence-electron chi connectivity index (χ3n) is 3.67. The molecule has 2 heterocycles. The summed E-state index contributed by atoms with van der Waals surface area (Å²) < 4.78 is 5.18. The summed E-state index contributed by atoms with van der Waals surface area (Å²) in [5.41, 5.74) is 2.01. The lowest BCUT2D eigenvalue weighted by Crippen LogP contribution is -2.08. The van der Waals surface area contributed by atoms with Gasteiger partial charge >= 0.3 is 0 Å². The van der Waals surface area contributed by atoms with Gasteiger partial charge in [-0.3, -0.25) is 0 Å². The summed E-state index contributed by atoms with van der Waals surface area (Å²) in [5, 5.41) is 10.6. The maximum atomic E-state index is 5.18. The first-order valence-corrected chi connectivity index (χ1v) is 7.46. The molecule has 0 amide bonds. The number of aromatic nitrogens is 3. The summed E-state index contributed by atoms with van der Waals surface area (Å²) in [4.78, 5) is 9.20. The van der Waals surface area contributed by atoms with Gasteiger partial charge < -0.3 is 15.2 Å². The number of anilines is 2. The first kappa shape index (κ1) is 13.9. The summed E-state index contributed by atoms with van der Waals surface area (Å²) in [6, 6.07) is 1.95. The molecule has 0 aliphatic heterocycles. The van der Waals surface area contributed by atoms with Crippen LogP contribution in [0.5, 0.6) is 0 Å². The maximum Gasteiger partial charge on any atom is 0.138 e. The van der Waals surface area contributed by atoms with E-state index in [0.29, 0.717) is 12.5 Å². The fourth-order valence-electron chi connectivity index (χ4n) is 2.29. The van der Waals surface area contributed by atoms with Crippen LogP contribution in [0.4, 0.5) is 11.6 Å². The lowest BCUT2D eigenvalue weighted by atomic mass is 10.2. The van der Waals surface area contributed by atoms with Crippen molar-refractivity contribution in [2.24, 2.45) is 0 Å². The second-order valence-electron chi connectivity index (χ2n) is 5.46. The molecule has 112 valence electrons. The van der Waals surface area contributed by atoms with Gasteiger partial charge in [-0.15, -0.1) is 0 Å². The zero-order valence-electron chi connectivity index (χ0n) is 12.7. The summed E-state index contributed by atoms with van der Waals surface area (Å²) in [6.07, 6.45) is 2.39. The molecular weight excluding hydrogens is 266 g/mol. The van der Waals surface area contributed by atoms with Gasteiger partial charge in [-0.2, -0.15) is 0 Å². The summed E-state index contributed by atoms with van der Waals surface area (Å²) in [5.74, 6) is 4.06. The molecule has 0 radical (unpaired) electrons. The molecule has 1 fully saturated rings. The van der Waals surface area contributed by atoms with E-state index in [-0.39, 0.29) is 0 Å². The van der Waals surface area contributed by atoms with E-state index in [1.165, 1.54) is 12.8 Å². The average Bonchev–Trinajstić information content (AvgIpc) is 3.25. The highest BCUT2D eigenvalue weighted by molar-refractivity contribution is 5.48. The number of nitrogens with zero attached hydrogens (tertiary/aromatic N) is 3. The molecule has 3 rings (SSSR count). The lowest BCUT2D eigenvalue weighted by Gasteiger charge is -2.10. The number of nitrogens with one attached hydrogen (secondary N) is 2. The molecule has 0 saturated heterocycles. The van der Waals surface area contributed by atoms with Gasteiger partial charge in [-0.05, 0) is 33.6 Å². The van der Waals surface area contributed by atoms with Crippen molar-refractivity contribution >= 4 is 11.6 Å². The molecule has 0 bridgehead atoms. The van der Waals surface area contributed by atoms with Gasteiger partial charge in [0.2, 0.25) is 0 Å². The first-order valence-electron chi connectivity index (χ1n) is 7.46. The van der Waals surface area contributed by atoms with Crippen LogP contribution in [0.2, 0.25) is 0 Å². The normalized spacial score (nSPS) is 14.2. The van der Waals surface area contributed by atoms with E-state index in [2.05, 4.69) is 32.7 Å². The number of aryl methyl sites for hydroxylation is 2. The van der Waals surface area contributed by atoms with Gasteiger partial charge in [0.15, 0.2) is 0 Å². The Kier molecular flexibility index (Phi) is 3.77. The smallest absolute Gasteiger partial charge is 0.138 e. The molecule has 6 heteroatoms. The molecule has 0 spiro atoms. The Bertz CT molecular complexity index is 613. The van der Waals surface area contributed by atoms with Gasteiger partial charge in [0, 0.05) is 30.6 Å². The van der Waals surface area contributed by atoms with Crippen LogP contribution in [0.25, 0.3) is 0 Å². The Labute approximate surface area is 124 Å². The summed E-state index contributed by atoms with van der Waals surface area (Å²) >= 11 is 0. The Hall–Kier alpha value is -2.11. The van der Waals surface area contributed by atoms with Crippen LogP contribution in [0.1, 0.15) is 48.5 Å². The highest BCUT2D eigenvalue weighted by Crippen LogP contribution is 2.38. The van der Waals surface area contributed by atoms with Crippen LogP contribution in [0, 0.1) is 13.8 Å². The fraction of sp³-hybridized carbons (Fsp3) is 0.533. The van der Waals surface area contributed by atoms with Crippen molar-refractivity contribution in [3.63, 3.8) is 0 Å². The minimum atomic E-state index is 0.531. The van der Waals surface area contributed by atoms with Crippen molar-refractivity contribution in [1.29, 1.82) is 0 Å². The van der Waals surface area contributed by atoms with E-state index >= 15 is 0 Å². The number of hydrogen-bond donors (Lipinski definition) is 2. The first-order chi connectivity index (χ1) is 10.2. The van der Waals surface area contributed by atoms with Gasteiger partial charge in [-0.1, -0.05) is 5.16 Å². The Balaban J connectivity index is 1.77. The topological polar surface area (TPSA) is 75.9 Å². The Morgan fingerprint density at radius 1 is 1.19 bits per heavy atom. The fourth-order valence-corrected chi connectivity index (χ4v) is 2.29. The second-order valence-corrected chi connectivity index (χ2v) is 5.46. The van der Waals surface area contributed by atoms with Crippen molar-refractivity contribution in [1.82, 2.24) is 15.1 Å². The molecule has 1 aliphatic carbocycles. The third-order valence-corrected chi connectivity index (χ3v) is 3.67. The highest BCUT2D eigenvalue weighted by atomic mass is 16.5. The third kappa shape index (κ3) is 3.15. The quantitative estimate of drug-likeness (QED) is 0.850. The van der Waals surface area contributed by atoms with Crippen LogP contribution < -0.4 is 10.6 Å². The van der Waals surface area contributed by atoms with Crippen LogP contribution in [0.3, 0.4) is 0 Å². The second kappa shape index (κ2) is 5.71. The zero-order chi connectivity index (χ0) is 14.8. The zero-order valence-corrected chi connectivity index (χ0v) is 12.7. The largest absolute Gasteiger partial charge is 0.370 e. The molecule has 2 aromatic heterocycles. The summed E-state index contributed by atoms with van der Waals surface area (Å²) in [7, 11) is 0. The van der Waals surface area contributed by atoms with Crippen LogP contribution >= 0.6 is 0 Å². The van der Waals surface area contributed by atoms with Crippen molar-refractivity contribution in [3.05, 3.63) is 28.9 Å². The predicted molar refractivity (Wildman–Crippen MR) is 81.5 cm³/mol. The van der Waals surface area contributed by atoms with Crippen LogP contribution in [-0.4, -0.2) is 21.7 Å². The average molecular weight is 287 g/mol. The number of hydrogen-bond acceptors (Lipinski definition) is 6. The molecule has 1 aliphatic rings. The number of rotatable bonds is 6. The van der Waals surface area contributed by atoms with E-state index in [9.17, 15) is 0 Å². The molecule has 2 N–H and O–H groups in total. The molecule has 1 saturated carbocycles. The maximum absolute atomic E-state index is 5.18. The molecule has 0 aromatic carbocycles. The molecule has 21 heavy (non-hydrogen) atoms. The van der Waals surface area contributed by atoms with Crippen LogP contribution in [0.15, 0.2) is 10.6 Å². The minimum absolute atomic E-state index is 0.531. The van der Waals surface area contributed by atoms with E-state index in [0.717, 1.165) is 41.0 Å². The van der Waals surface area contributed by atoms with E-state index < -0.39 is 0 Å². The van der Waals surface area contributed by atoms with Crippen molar-refractivity contribution in [3.8, 4) is 0 Å². The predicted octanol–water partition coefficient (Wildman–Crippen LogP) is 3.00. The monoisotopic (exact) mass is 287 g/mol. The van der Waals surface area contributed by atoms with Gasteiger partial charge in [0.05, 0.1) is 5.69 Å². The Morgan fingerprint density at radius 2 is 1.90 bits per heavy atom. The van der Waals surface area contributed by atoms with Gasteiger partial charge in [-0.25, -0.2) is 9.97 Å². The van der Waals surface area contributed by atoms with Gasteiger partial charge in [0.1, 0.15) is 23.2 Å². The van der Waals surface area contributed by atoms with Crippen LogP contribution in [-0.2, 0) is 6.54 Å². The van der Waals surface area contributed by atoms with Crippen molar-refractivity contribution in [2.45, 2.75) is 46.1 Å².